The summed E-state index contributed by atoms with van der Waals surface area (Å²) in [5.74, 6) is -0.237. The van der Waals surface area contributed by atoms with Crippen LogP contribution in [0.25, 0.3) is 0 Å². The number of aliphatic hydroxyl groups is 1. The van der Waals surface area contributed by atoms with Crippen molar-refractivity contribution in [2.75, 3.05) is 6.61 Å². The van der Waals surface area contributed by atoms with E-state index >= 15 is 0 Å². The Bertz CT molecular complexity index is 479. The highest BCUT2D eigenvalue weighted by atomic mass is 16.3. The van der Waals surface area contributed by atoms with Gasteiger partial charge in [0.25, 0.3) is 5.91 Å². The SMILES string of the molecule is O=C(N[C@@H](CO)Cc1ccccc1)c1ccoc1. The van der Waals surface area contributed by atoms with Crippen LogP contribution >= 0.6 is 0 Å². The van der Waals surface area contributed by atoms with Gasteiger partial charge in [0.2, 0.25) is 0 Å². The first-order valence-electron chi connectivity index (χ1n) is 5.77. The first-order chi connectivity index (χ1) is 8.79. The number of furan rings is 1. The van der Waals surface area contributed by atoms with Crippen molar-refractivity contribution in [1.82, 2.24) is 5.32 Å². The smallest absolute Gasteiger partial charge is 0.254 e. The summed E-state index contributed by atoms with van der Waals surface area (Å²) >= 11 is 0. The molecule has 0 radical (unpaired) electrons. The predicted molar refractivity (Wildman–Crippen MR) is 67.2 cm³/mol. The lowest BCUT2D eigenvalue weighted by molar-refractivity contribution is 0.0916. The summed E-state index contributed by atoms with van der Waals surface area (Å²) in [6.45, 7) is -0.0987. The maximum absolute atomic E-state index is 11.8. The molecule has 2 aromatic rings. The molecule has 2 rings (SSSR count). The quantitative estimate of drug-likeness (QED) is 0.841. The third-order valence-electron chi connectivity index (χ3n) is 2.66. The molecule has 94 valence electrons. The van der Waals surface area contributed by atoms with Crippen molar-refractivity contribution in [2.45, 2.75) is 12.5 Å². The third-order valence-corrected chi connectivity index (χ3v) is 2.66. The van der Waals surface area contributed by atoms with Crippen molar-refractivity contribution < 1.29 is 14.3 Å². The molecule has 2 N–H and O–H groups in total. The molecule has 0 bridgehead atoms. The number of rotatable bonds is 5. The predicted octanol–water partition coefficient (Wildman–Crippen LogP) is 1.61. The zero-order valence-corrected chi connectivity index (χ0v) is 9.87. The van der Waals surface area contributed by atoms with Gasteiger partial charge in [-0.25, -0.2) is 0 Å². The Morgan fingerprint density at radius 2 is 2.06 bits per heavy atom. The highest BCUT2D eigenvalue weighted by Crippen LogP contribution is 2.05. The average molecular weight is 245 g/mol. The van der Waals surface area contributed by atoms with E-state index in [2.05, 4.69) is 5.32 Å². The molecule has 18 heavy (non-hydrogen) atoms. The number of carbonyl (C=O) groups is 1. The van der Waals surface area contributed by atoms with Gasteiger partial charge in [0.1, 0.15) is 6.26 Å². The zero-order valence-electron chi connectivity index (χ0n) is 9.87. The van der Waals surface area contributed by atoms with Gasteiger partial charge in [-0.3, -0.25) is 4.79 Å². The van der Waals surface area contributed by atoms with E-state index in [9.17, 15) is 9.90 Å². The van der Waals surface area contributed by atoms with Crippen LogP contribution in [0.2, 0.25) is 0 Å². The minimum Gasteiger partial charge on any atom is -0.472 e. The third kappa shape index (κ3) is 3.21. The lowest BCUT2D eigenvalue weighted by atomic mass is 10.1. The van der Waals surface area contributed by atoms with Gasteiger partial charge < -0.3 is 14.8 Å². The summed E-state index contributed by atoms with van der Waals surface area (Å²) < 4.78 is 4.85. The Balaban J connectivity index is 1.96. The summed E-state index contributed by atoms with van der Waals surface area (Å²) in [4.78, 5) is 11.8. The van der Waals surface area contributed by atoms with Crippen molar-refractivity contribution in [1.29, 1.82) is 0 Å². The van der Waals surface area contributed by atoms with Gasteiger partial charge in [-0.2, -0.15) is 0 Å². The number of nitrogens with one attached hydrogen (secondary N) is 1. The second-order valence-corrected chi connectivity index (χ2v) is 4.05. The lowest BCUT2D eigenvalue weighted by Crippen LogP contribution is -2.38. The summed E-state index contributed by atoms with van der Waals surface area (Å²) in [7, 11) is 0. The fourth-order valence-electron chi connectivity index (χ4n) is 1.72. The van der Waals surface area contributed by atoms with Gasteiger partial charge in [-0.15, -0.1) is 0 Å². The van der Waals surface area contributed by atoms with Crippen LogP contribution in [0.4, 0.5) is 0 Å². The maximum atomic E-state index is 11.8. The van der Waals surface area contributed by atoms with Crippen LogP contribution in [0.5, 0.6) is 0 Å². The molecule has 0 fully saturated rings. The largest absolute Gasteiger partial charge is 0.472 e. The van der Waals surface area contributed by atoms with E-state index in [4.69, 9.17) is 4.42 Å². The first kappa shape index (κ1) is 12.4. The van der Waals surface area contributed by atoms with Crippen molar-refractivity contribution in [3.8, 4) is 0 Å². The van der Waals surface area contributed by atoms with Crippen LogP contribution in [0, 0.1) is 0 Å². The van der Waals surface area contributed by atoms with Crippen LogP contribution in [0.3, 0.4) is 0 Å². The molecular weight excluding hydrogens is 230 g/mol. The van der Waals surface area contributed by atoms with Crippen molar-refractivity contribution in [2.24, 2.45) is 0 Å². The van der Waals surface area contributed by atoms with Gasteiger partial charge in [0.15, 0.2) is 0 Å². The monoisotopic (exact) mass is 245 g/mol. The molecule has 0 spiro atoms. The van der Waals surface area contributed by atoms with Crippen molar-refractivity contribution in [3.63, 3.8) is 0 Å². The van der Waals surface area contributed by atoms with E-state index in [1.54, 1.807) is 6.07 Å². The zero-order chi connectivity index (χ0) is 12.8. The molecule has 1 atom stereocenters. The number of carbonyl (C=O) groups excluding carboxylic acids is 1. The van der Waals surface area contributed by atoms with Gasteiger partial charge in [-0.05, 0) is 18.1 Å². The van der Waals surface area contributed by atoms with Crippen LogP contribution in [0.15, 0.2) is 53.3 Å². The van der Waals surface area contributed by atoms with E-state index in [1.165, 1.54) is 12.5 Å². The highest BCUT2D eigenvalue weighted by Gasteiger charge is 2.14. The first-order valence-corrected chi connectivity index (χ1v) is 5.77. The van der Waals surface area contributed by atoms with E-state index in [1.807, 2.05) is 30.3 Å². The Morgan fingerprint density at radius 3 is 2.67 bits per heavy atom. The second kappa shape index (κ2) is 6.02. The molecule has 1 aromatic heterocycles. The molecule has 0 unspecified atom stereocenters. The Hall–Kier alpha value is -2.07. The van der Waals surface area contributed by atoms with Crippen molar-refractivity contribution >= 4 is 5.91 Å². The van der Waals surface area contributed by atoms with E-state index in [0.717, 1.165) is 5.56 Å². The van der Waals surface area contributed by atoms with Crippen LogP contribution in [-0.4, -0.2) is 23.7 Å². The molecule has 0 aliphatic heterocycles. The Labute approximate surface area is 105 Å². The molecule has 0 aliphatic carbocycles. The summed E-state index contributed by atoms with van der Waals surface area (Å²) in [5, 5.41) is 12.1. The van der Waals surface area contributed by atoms with E-state index < -0.39 is 0 Å². The van der Waals surface area contributed by atoms with Crippen LogP contribution < -0.4 is 5.32 Å². The Morgan fingerprint density at radius 1 is 1.28 bits per heavy atom. The second-order valence-electron chi connectivity index (χ2n) is 4.05. The number of hydrogen-bond donors (Lipinski definition) is 2. The topological polar surface area (TPSA) is 62.5 Å². The maximum Gasteiger partial charge on any atom is 0.254 e. The van der Waals surface area contributed by atoms with Gasteiger partial charge in [0, 0.05) is 0 Å². The number of aliphatic hydroxyl groups excluding tert-OH is 1. The average Bonchev–Trinajstić information content (AvgIpc) is 2.93. The molecule has 0 aliphatic rings. The highest BCUT2D eigenvalue weighted by molar-refractivity contribution is 5.93. The van der Waals surface area contributed by atoms with Crippen molar-refractivity contribution in [3.05, 3.63) is 60.1 Å². The molecular formula is C14H15NO3. The Kier molecular flexibility index (Phi) is 4.15. The minimum absolute atomic E-state index is 0.0987. The summed E-state index contributed by atoms with van der Waals surface area (Å²) in [5.41, 5.74) is 1.53. The van der Waals surface area contributed by atoms with Gasteiger partial charge in [-0.1, -0.05) is 30.3 Å². The molecule has 1 aromatic carbocycles. The number of hydrogen-bond acceptors (Lipinski definition) is 3. The van der Waals surface area contributed by atoms with Gasteiger partial charge in [0.05, 0.1) is 24.5 Å². The van der Waals surface area contributed by atoms with E-state index in [-0.39, 0.29) is 18.6 Å². The number of benzene rings is 1. The van der Waals surface area contributed by atoms with Gasteiger partial charge >= 0.3 is 0 Å². The fraction of sp³-hybridized carbons (Fsp3) is 0.214. The fourth-order valence-corrected chi connectivity index (χ4v) is 1.72. The standard InChI is InChI=1S/C14H15NO3/c16-9-13(8-11-4-2-1-3-5-11)15-14(17)12-6-7-18-10-12/h1-7,10,13,16H,8-9H2,(H,15,17)/t13-/m1/s1. The van der Waals surface area contributed by atoms with Crippen LogP contribution in [0.1, 0.15) is 15.9 Å². The van der Waals surface area contributed by atoms with E-state index in [0.29, 0.717) is 12.0 Å². The molecule has 0 saturated heterocycles. The lowest BCUT2D eigenvalue weighted by Gasteiger charge is -2.15. The molecule has 0 saturated carbocycles. The van der Waals surface area contributed by atoms with Crippen LogP contribution in [-0.2, 0) is 6.42 Å². The molecule has 4 nitrogen and oxygen atoms in total. The summed E-state index contributed by atoms with van der Waals surface area (Å²) in [6.07, 6.45) is 3.42. The molecule has 1 amide bonds. The normalized spacial score (nSPS) is 12.1. The molecule has 4 heteroatoms. The molecule has 1 heterocycles. The number of amides is 1. The minimum atomic E-state index is -0.296. The summed E-state index contributed by atoms with van der Waals surface area (Å²) in [6, 6.07) is 11.0.